The number of anilines is 1. The molecule has 0 bridgehead atoms. The minimum absolute atomic E-state index is 0.112. The summed E-state index contributed by atoms with van der Waals surface area (Å²) in [6.45, 7) is 5.98. The van der Waals surface area contributed by atoms with Crippen LogP contribution in [0.4, 0.5) is 5.82 Å². The van der Waals surface area contributed by atoms with E-state index in [1.165, 1.54) is 0 Å². The van der Waals surface area contributed by atoms with E-state index in [0.29, 0.717) is 37.6 Å². The van der Waals surface area contributed by atoms with Crippen molar-refractivity contribution in [2.45, 2.75) is 26.3 Å². The van der Waals surface area contributed by atoms with Gasteiger partial charge in [-0.25, -0.2) is 9.97 Å². The monoisotopic (exact) mass is 339 g/mol. The van der Waals surface area contributed by atoms with Crippen LogP contribution >= 0.6 is 0 Å². The fourth-order valence-corrected chi connectivity index (χ4v) is 3.10. The van der Waals surface area contributed by atoms with Crippen molar-refractivity contribution in [3.8, 4) is 17.3 Å². The van der Waals surface area contributed by atoms with Crippen LogP contribution in [0.2, 0.25) is 0 Å². The topological polar surface area (TPSA) is 90.9 Å². The predicted molar refractivity (Wildman–Crippen MR) is 92.6 cm³/mol. The highest BCUT2D eigenvalue weighted by atomic mass is 16.2. The van der Waals surface area contributed by atoms with Gasteiger partial charge in [0.05, 0.1) is 12.4 Å². The smallest absolute Gasteiger partial charge is 0.222 e. The zero-order valence-electron chi connectivity index (χ0n) is 14.7. The minimum Gasteiger partial charge on any atom is -0.351 e. The van der Waals surface area contributed by atoms with Gasteiger partial charge in [-0.1, -0.05) is 6.92 Å². The molecule has 0 unspecified atom stereocenters. The normalized spacial score (nSPS) is 17.4. The van der Waals surface area contributed by atoms with Gasteiger partial charge >= 0.3 is 0 Å². The summed E-state index contributed by atoms with van der Waals surface area (Å²) in [6, 6.07) is 2.20. The molecule has 3 heterocycles. The van der Waals surface area contributed by atoms with Crippen LogP contribution in [0.1, 0.15) is 26.0 Å². The number of aromatic nitrogens is 4. The Labute approximate surface area is 146 Å². The SMILES string of the molecule is CCC(=O)N1CCN(c2cnc(C#N)c(-c3cnn(C)c3)n2)C[C@H]1C. The number of amides is 1. The lowest BCUT2D eigenvalue weighted by Gasteiger charge is -2.40. The van der Waals surface area contributed by atoms with Crippen molar-refractivity contribution in [3.63, 3.8) is 0 Å². The average Bonchev–Trinajstić information content (AvgIpc) is 3.06. The molecule has 0 aliphatic carbocycles. The van der Waals surface area contributed by atoms with E-state index >= 15 is 0 Å². The van der Waals surface area contributed by atoms with Gasteiger partial charge in [0.2, 0.25) is 5.91 Å². The van der Waals surface area contributed by atoms with E-state index in [9.17, 15) is 10.1 Å². The molecule has 1 aliphatic rings. The lowest BCUT2D eigenvalue weighted by molar-refractivity contribution is -0.133. The van der Waals surface area contributed by atoms with Crippen molar-refractivity contribution in [2.75, 3.05) is 24.5 Å². The molecule has 1 atom stereocenters. The van der Waals surface area contributed by atoms with E-state index in [-0.39, 0.29) is 17.6 Å². The van der Waals surface area contributed by atoms with E-state index in [1.807, 2.05) is 32.0 Å². The summed E-state index contributed by atoms with van der Waals surface area (Å²) in [5.74, 6) is 0.891. The molecular weight excluding hydrogens is 318 g/mol. The molecule has 0 radical (unpaired) electrons. The first-order valence-corrected chi connectivity index (χ1v) is 8.34. The molecule has 0 spiro atoms. The summed E-state index contributed by atoms with van der Waals surface area (Å²) in [4.78, 5) is 24.9. The number of piperazine rings is 1. The molecule has 130 valence electrons. The number of carbonyl (C=O) groups is 1. The highest BCUT2D eigenvalue weighted by Gasteiger charge is 2.27. The third kappa shape index (κ3) is 3.31. The van der Waals surface area contributed by atoms with Crippen LogP contribution in [0.25, 0.3) is 11.3 Å². The molecule has 1 fully saturated rings. The molecule has 0 N–H and O–H groups in total. The second kappa shape index (κ2) is 6.89. The van der Waals surface area contributed by atoms with E-state index < -0.39 is 0 Å². The standard InChI is InChI=1S/C17H21N7O/c1-4-16(25)24-6-5-23(10-12(24)2)15-9-19-14(7-18)17(21-15)13-8-20-22(3)11-13/h8-9,11-12H,4-6,10H2,1-3H3/t12-/m1/s1. The molecule has 2 aromatic heterocycles. The lowest BCUT2D eigenvalue weighted by Crippen LogP contribution is -2.54. The number of carbonyl (C=O) groups excluding carboxylic acids is 1. The van der Waals surface area contributed by atoms with E-state index in [0.717, 1.165) is 5.56 Å². The van der Waals surface area contributed by atoms with Crippen LogP contribution in [-0.4, -0.2) is 56.2 Å². The number of hydrogen-bond acceptors (Lipinski definition) is 6. The van der Waals surface area contributed by atoms with Gasteiger partial charge in [0.15, 0.2) is 5.69 Å². The molecule has 1 saturated heterocycles. The number of nitriles is 1. The first-order valence-electron chi connectivity index (χ1n) is 8.34. The summed E-state index contributed by atoms with van der Waals surface area (Å²) >= 11 is 0. The van der Waals surface area contributed by atoms with Crippen molar-refractivity contribution in [3.05, 3.63) is 24.3 Å². The molecule has 0 saturated carbocycles. The first-order chi connectivity index (χ1) is 12.0. The van der Waals surface area contributed by atoms with Crippen molar-refractivity contribution in [1.82, 2.24) is 24.6 Å². The van der Waals surface area contributed by atoms with Gasteiger partial charge < -0.3 is 9.80 Å². The molecule has 0 aromatic carbocycles. The van der Waals surface area contributed by atoms with Crippen LogP contribution in [0.3, 0.4) is 0 Å². The van der Waals surface area contributed by atoms with Gasteiger partial charge in [0, 0.05) is 50.9 Å². The van der Waals surface area contributed by atoms with Gasteiger partial charge in [-0.2, -0.15) is 10.4 Å². The maximum absolute atomic E-state index is 12.0. The molecule has 1 amide bonds. The lowest BCUT2D eigenvalue weighted by atomic mass is 10.1. The summed E-state index contributed by atoms with van der Waals surface area (Å²) < 4.78 is 1.67. The maximum Gasteiger partial charge on any atom is 0.222 e. The summed E-state index contributed by atoms with van der Waals surface area (Å²) in [5, 5.41) is 13.5. The second-order valence-corrected chi connectivity index (χ2v) is 6.18. The third-order valence-electron chi connectivity index (χ3n) is 4.42. The van der Waals surface area contributed by atoms with Gasteiger partial charge in [0.1, 0.15) is 17.6 Å². The molecule has 2 aromatic rings. The van der Waals surface area contributed by atoms with Crippen molar-refractivity contribution < 1.29 is 4.79 Å². The molecule has 25 heavy (non-hydrogen) atoms. The summed E-state index contributed by atoms with van der Waals surface area (Å²) in [7, 11) is 1.82. The van der Waals surface area contributed by atoms with Crippen LogP contribution in [0.5, 0.6) is 0 Å². The number of rotatable bonds is 3. The second-order valence-electron chi connectivity index (χ2n) is 6.18. The van der Waals surface area contributed by atoms with Crippen molar-refractivity contribution >= 4 is 11.7 Å². The number of hydrogen-bond donors (Lipinski definition) is 0. The third-order valence-corrected chi connectivity index (χ3v) is 4.42. The quantitative estimate of drug-likeness (QED) is 0.834. The Balaban J connectivity index is 1.87. The Morgan fingerprint density at radius 3 is 2.80 bits per heavy atom. The van der Waals surface area contributed by atoms with Crippen LogP contribution in [0.15, 0.2) is 18.6 Å². The van der Waals surface area contributed by atoms with E-state index in [2.05, 4.69) is 26.0 Å². The van der Waals surface area contributed by atoms with Gasteiger partial charge in [-0.3, -0.25) is 9.48 Å². The number of aryl methyl sites for hydroxylation is 1. The Bertz CT molecular complexity index is 823. The van der Waals surface area contributed by atoms with Crippen molar-refractivity contribution in [2.24, 2.45) is 7.05 Å². The maximum atomic E-state index is 12.0. The van der Waals surface area contributed by atoms with E-state index in [1.54, 1.807) is 17.1 Å². The van der Waals surface area contributed by atoms with Gasteiger partial charge in [-0.15, -0.1) is 0 Å². The molecule has 8 nitrogen and oxygen atoms in total. The molecule has 3 rings (SSSR count). The first kappa shape index (κ1) is 16.9. The van der Waals surface area contributed by atoms with Crippen LogP contribution < -0.4 is 4.90 Å². The van der Waals surface area contributed by atoms with Gasteiger partial charge in [-0.05, 0) is 6.92 Å². The predicted octanol–water partition coefficient (Wildman–Crippen LogP) is 1.20. The zero-order valence-corrected chi connectivity index (χ0v) is 14.7. The highest BCUT2D eigenvalue weighted by Crippen LogP contribution is 2.24. The highest BCUT2D eigenvalue weighted by molar-refractivity contribution is 5.76. The summed E-state index contributed by atoms with van der Waals surface area (Å²) in [6.07, 6.45) is 5.64. The van der Waals surface area contributed by atoms with Crippen LogP contribution in [0, 0.1) is 11.3 Å². The Hall–Kier alpha value is -2.95. The summed E-state index contributed by atoms with van der Waals surface area (Å²) in [5.41, 5.74) is 1.58. The van der Waals surface area contributed by atoms with Gasteiger partial charge in [0.25, 0.3) is 0 Å². The Morgan fingerprint density at radius 2 is 2.20 bits per heavy atom. The average molecular weight is 339 g/mol. The van der Waals surface area contributed by atoms with Crippen molar-refractivity contribution in [1.29, 1.82) is 5.26 Å². The van der Waals surface area contributed by atoms with E-state index in [4.69, 9.17) is 0 Å². The Morgan fingerprint density at radius 1 is 1.40 bits per heavy atom. The molecular formula is C17H21N7O. The minimum atomic E-state index is 0.112. The number of nitrogens with zero attached hydrogens (tertiary/aromatic N) is 7. The zero-order chi connectivity index (χ0) is 18.0. The largest absolute Gasteiger partial charge is 0.351 e. The fourth-order valence-electron chi connectivity index (χ4n) is 3.10. The molecule has 1 aliphatic heterocycles. The van der Waals surface area contributed by atoms with Crippen LogP contribution in [-0.2, 0) is 11.8 Å². The molecule has 8 heteroatoms. The fraction of sp³-hybridized carbons (Fsp3) is 0.471. The Kier molecular flexibility index (Phi) is 4.65.